The largest absolute Gasteiger partial charge is 0.378 e. The van der Waals surface area contributed by atoms with Crippen molar-refractivity contribution in [3.63, 3.8) is 0 Å². The highest BCUT2D eigenvalue weighted by molar-refractivity contribution is 5.07. The van der Waals surface area contributed by atoms with E-state index in [0.29, 0.717) is 24.2 Å². The van der Waals surface area contributed by atoms with Crippen LogP contribution in [0.4, 0.5) is 0 Å². The van der Waals surface area contributed by atoms with Gasteiger partial charge in [-0.15, -0.1) is 0 Å². The molecule has 2 aliphatic carbocycles. The molecular weight excluding hydrogens is 236 g/mol. The average Bonchev–Trinajstić information content (AvgIpc) is 3.15. The first kappa shape index (κ1) is 14.8. The molecule has 0 saturated heterocycles. The molecule has 0 aromatic rings. The van der Waals surface area contributed by atoms with Gasteiger partial charge >= 0.3 is 0 Å². The number of nitrogens with zero attached hydrogens (tertiary/aromatic N) is 1. The van der Waals surface area contributed by atoms with E-state index >= 15 is 0 Å². The molecule has 1 N–H and O–H groups in total. The zero-order valence-corrected chi connectivity index (χ0v) is 12.7. The van der Waals surface area contributed by atoms with Crippen molar-refractivity contribution in [3.8, 4) is 6.07 Å². The monoisotopic (exact) mass is 264 g/mol. The van der Waals surface area contributed by atoms with Crippen molar-refractivity contribution in [1.29, 1.82) is 5.26 Å². The van der Waals surface area contributed by atoms with E-state index in [4.69, 9.17) is 4.74 Å². The second kappa shape index (κ2) is 5.81. The first-order valence-electron chi connectivity index (χ1n) is 7.73. The van der Waals surface area contributed by atoms with Crippen LogP contribution in [0.25, 0.3) is 0 Å². The summed E-state index contributed by atoms with van der Waals surface area (Å²) in [5.41, 5.74) is 0.0870. The van der Waals surface area contributed by atoms with Gasteiger partial charge in [0.2, 0.25) is 0 Å². The van der Waals surface area contributed by atoms with Crippen molar-refractivity contribution in [2.45, 2.75) is 83.4 Å². The van der Waals surface area contributed by atoms with E-state index in [9.17, 15) is 5.26 Å². The topological polar surface area (TPSA) is 45.0 Å². The van der Waals surface area contributed by atoms with Crippen LogP contribution in [0.1, 0.15) is 65.7 Å². The van der Waals surface area contributed by atoms with Crippen LogP contribution in [0.2, 0.25) is 0 Å². The summed E-state index contributed by atoms with van der Waals surface area (Å²) in [5, 5.41) is 12.7. The summed E-state index contributed by atoms with van der Waals surface area (Å²) in [5.74, 6) is 0. The Morgan fingerprint density at radius 1 is 1.26 bits per heavy atom. The molecule has 0 bridgehead atoms. The maximum absolute atomic E-state index is 9.30. The van der Waals surface area contributed by atoms with E-state index in [2.05, 4.69) is 25.2 Å². The minimum atomic E-state index is -0.408. The molecule has 2 rings (SSSR count). The van der Waals surface area contributed by atoms with Crippen LogP contribution in [0.3, 0.4) is 0 Å². The van der Waals surface area contributed by atoms with Gasteiger partial charge in [0.1, 0.15) is 5.54 Å². The number of hydrogen-bond donors (Lipinski definition) is 1. The summed E-state index contributed by atoms with van der Waals surface area (Å²) in [6, 6.07) is 2.98. The zero-order valence-electron chi connectivity index (χ0n) is 12.7. The summed E-state index contributed by atoms with van der Waals surface area (Å²) < 4.78 is 5.98. The Bertz CT molecular complexity index is 333. The molecule has 108 valence electrons. The summed E-state index contributed by atoms with van der Waals surface area (Å²) in [4.78, 5) is 0. The second-order valence-corrected chi connectivity index (χ2v) is 7.35. The maximum Gasteiger partial charge on any atom is 0.106 e. The molecule has 3 nitrogen and oxygen atoms in total. The Morgan fingerprint density at radius 2 is 1.89 bits per heavy atom. The number of ether oxygens (including phenoxy) is 1. The molecule has 0 heterocycles. The van der Waals surface area contributed by atoms with Crippen molar-refractivity contribution >= 4 is 0 Å². The molecule has 0 aliphatic heterocycles. The second-order valence-electron chi connectivity index (χ2n) is 7.35. The van der Waals surface area contributed by atoms with Crippen LogP contribution in [-0.2, 0) is 4.74 Å². The predicted molar refractivity (Wildman–Crippen MR) is 76.8 cm³/mol. The van der Waals surface area contributed by atoms with Crippen LogP contribution in [0, 0.1) is 16.7 Å². The molecule has 1 atom stereocenters. The Balaban J connectivity index is 1.67. The fraction of sp³-hybridized carbons (Fsp3) is 0.938. The van der Waals surface area contributed by atoms with Gasteiger partial charge in [0, 0.05) is 19.1 Å². The highest BCUT2D eigenvalue weighted by atomic mass is 16.5. The molecule has 19 heavy (non-hydrogen) atoms. The van der Waals surface area contributed by atoms with E-state index in [1.165, 1.54) is 38.5 Å². The quantitative estimate of drug-likeness (QED) is 0.799. The Hall–Kier alpha value is -0.590. The lowest BCUT2D eigenvalue weighted by Crippen LogP contribution is -2.43. The van der Waals surface area contributed by atoms with Gasteiger partial charge in [0.05, 0.1) is 12.2 Å². The van der Waals surface area contributed by atoms with Gasteiger partial charge in [-0.05, 0) is 50.9 Å². The lowest BCUT2D eigenvalue weighted by atomic mass is 9.76. The van der Waals surface area contributed by atoms with Crippen molar-refractivity contribution in [2.24, 2.45) is 5.41 Å². The van der Waals surface area contributed by atoms with Crippen molar-refractivity contribution in [3.05, 3.63) is 0 Å². The summed E-state index contributed by atoms with van der Waals surface area (Å²) >= 11 is 0. The maximum atomic E-state index is 9.30. The van der Waals surface area contributed by atoms with Crippen molar-refractivity contribution in [1.82, 2.24) is 5.32 Å². The van der Waals surface area contributed by atoms with E-state index in [1.54, 1.807) is 0 Å². The predicted octanol–water partition coefficient (Wildman–Crippen LogP) is 3.40. The third kappa shape index (κ3) is 4.78. The highest BCUT2D eigenvalue weighted by Crippen LogP contribution is 2.36. The highest BCUT2D eigenvalue weighted by Gasteiger charge is 2.33. The van der Waals surface area contributed by atoms with Crippen molar-refractivity contribution < 1.29 is 4.74 Å². The molecule has 0 aromatic heterocycles. The van der Waals surface area contributed by atoms with Gasteiger partial charge in [0.15, 0.2) is 0 Å². The minimum Gasteiger partial charge on any atom is -0.378 e. The van der Waals surface area contributed by atoms with Crippen LogP contribution in [-0.4, -0.2) is 24.3 Å². The number of hydrogen-bond acceptors (Lipinski definition) is 3. The minimum absolute atomic E-state index is 0.408. The van der Waals surface area contributed by atoms with Gasteiger partial charge in [-0.1, -0.05) is 13.8 Å². The number of rotatable bonds is 6. The standard InChI is InChI=1S/C16H28N2O/c1-15(2)8-6-14(7-9-15)19-11-10-16(3,12-17)18-13-4-5-13/h13-14,18H,4-11H2,1-3H3. The first-order valence-corrected chi connectivity index (χ1v) is 7.73. The molecule has 2 aliphatic rings. The summed E-state index contributed by atoms with van der Waals surface area (Å²) in [6.45, 7) is 7.39. The fourth-order valence-electron chi connectivity index (χ4n) is 2.81. The Kier molecular flexibility index (Phi) is 4.53. The first-order chi connectivity index (χ1) is 8.92. The Labute approximate surface area is 117 Å². The Morgan fingerprint density at radius 3 is 2.42 bits per heavy atom. The van der Waals surface area contributed by atoms with Gasteiger partial charge in [0.25, 0.3) is 0 Å². The summed E-state index contributed by atoms with van der Waals surface area (Å²) in [7, 11) is 0. The molecule has 0 radical (unpaired) electrons. The lowest BCUT2D eigenvalue weighted by Gasteiger charge is -2.34. The normalized spacial score (nSPS) is 26.6. The van der Waals surface area contributed by atoms with Gasteiger partial charge < -0.3 is 4.74 Å². The molecule has 3 heteroatoms. The fourth-order valence-corrected chi connectivity index (χ4v) is 2.81. The third-order valence-corrected chi connectivity index (χ3v) is 4.59. The number of nitriles is 1. The smallest absolute Gasteiger partial charge is 0.106 e. The van der Waals surface area contributed by atoms with Gasteiger partial charge in [-0.2, -0.15) is 5.26 Å². The molecule has 2 saturated carbocycles. The molecule has 2 fully saturated rings. The van der Waals surface area contributed by atoms with E-state index in [1.807, 2.05) is 6.92 Å². The average molecular weight is 264 g/mol. The molecule has 1 unspecified atom stereocenters. The summed E-state index contributed by atoms with van der Waals surface area (Å²) in [6.07, 6.45) is 8.50. The van der Waals surface area contributed by atoms with Crippen LogP contribution >= 0.6 is 0 Å². The molecule has 0 spiro atoms. The van der Waals surface area contributed by atoms with Crippen molar-refractivity contribution in [2.75, 3.05) is 6.61 Å². The number of nitrogens with one attached hydrogen (secondary N) is 1. The molecule has 0 aromatic carbocycles. The SMILES string of the molecule is CC1(C)CCC(OCCC(C)(C#N)NC2CC2)CC1. The van der Waals surface area contributed by atoms with Crippen LogP contribution < -0.4 is 5.32 Å². The van der Waals surface area contributed by atoms with Crippen LogP contribution in [0.5, 0.6) is 0 Å². The van der Waals surface area contributed by atoms with E-state index in [0.717, 1.165) is 6.42 Å². The molecular formula is C16H28N2O. The van der Waals surface area contributed by atoms with E-state index in [-0.39, 0.29) is 0 Å². The van der Waals surface area contributed by atoms with Crippen LogP contribution in [0.15, 0.2) is 0 Å². The zero-order chi connectivity index (χ0) is 13.9. The van der Waals surface area contributed by atoms with Gasteiger partial charge in [-0.3, -0.25) is 5.32 Å². The van der Waals surface area contributed by atoms with Gasteiger partial charge in [-0.25, -0.2) is 0 Å². The third-order valence-electron chi connectivity index (χ3n) is 4.59. The molecule has 0 amide bonds. The lowest BCUT2D eigenvalue weighted by molar-refractivity contribution is -0.00149. The van der Waals surface area contributed by atoms with E-state index < -0.39 is 5.54 Å².